The van der Waals surface area contributed by atoms with Gasteiger partial charge in [-0.2, -0.15) is 0 Å². The van der Waals surface area contributed by atoms with Gasteiger partial charge in [0.1, 0.15) is 12.1 Å². The Morgan fingerprint density at radius 1 is 1.37 bits per heavy atom. The number of likely N-dealkylation sites (N-methyl/N-ethyl adjacent to an activating group) is 1. The lowest BCUT2D eigenvalue weighted by molar-refractivity contribution is -0.133. The summed E-state index contributed by atoms with van der Waals surface area (Å²) in [6.45, 7) is 3.71. The number of urea groups is 1. The van der Waals surface area contributed by atoms with Crippen molar-refractivity contribution >= 4 is 17.8 Å². The Kier molecular flexibility index (Phi) is 3.52. The lowest BCUT2D eigenvalue weighted by Gasteiger charge is -2.34. The van der Waals surface area contributed by atoms with Crippen LogP contribution in [0.2, 0.25) is 0 Å². The van der Waals surface area contributed by atoms with E-state index in [1.807, 2.05) is 13.8 Å². The van der Waals surface area contributed by atoms with Crippen molar-refractivity contribution in [3.05, 3.63) is 0 Å². The van der Waals surface area contributed by atoms with Crippen LogP contribution in [0.3, 0.4) is 0 Å². The van der Waals surface area contributed by atoms with Crippen molar-refractivity contribution in [2.24, 2.45) is 0 Å². The SMILES string of the molecule is CCC1(CC)C(=O)NC(=O)N1CC(=O)N(C)C1CC1. The van der Waals surface area contributed by atoms with E-state index in [2.05, 4.69) is 5.32 Å². The van der Waals surface area contributed by atoms with Crippen LogP contribution in [0.5, 0.6) is 0 Å². The van der Waals surface area contributed by atoms with Gasteiger partial charge in [0.15, 0.2) is 0 Å². The summed E-state index contributed by atoms with van der Waals surface area (Å²) in [4.78, 5) is 39.1. The molecule has 2 rings (SSSR count). The molecule has 0 aromatic carbocycles. The Hall–Kier alpha value is -1.59. The summed E-state index contributed by atoms with van der Waals surface area (Å²) >= 11 is 0. The molecule has 0 spiro atoms. The average Bonchev–Trinajstić information content (AvgIpc) is 3.19. The number of nitrogens with one attached hydrogen (secondary N) is 1. The molecule has 0 aromatic rings. The third kappa shape index (κ3) is 2.19. The highest BCUT2D eigenvalue weighted by atomic mass is 16.2. The van der Waals surface area contributed by atoms with Crippen LogP contribution in [0.1, 0.15) is 39.5 Å². The van der Waals surface area contributed by atoms with Crippen molar-refractivity contribution in [2.75, 3.05) is 13.6 Å². The van der Waals surface area contributed by atoms with Crippen molar-refractivity contribution in [3.8, 4) is 0 Å². The lowest BCUT2D eigenvalue weighted by Crippen LogP contribution is -2.52. The molecule has 0 bridgehead atoms. The first-order valence-corrected chi connectivity index (χ1v) is 6.85. The lowest BCUT2D eigenvalue weighted by atomic mass is 9.91. The van der Waals surface area contributed by atoms with Gasteiger partial charge in [0.2, 0.25) is 5.91 Å². The third-order valence-electron chi connectivity index (χ3n) is 4.36. The summed E-state index contributed by atoms with van der Waals surface area (Å²) in [6.07, 6.45) is 3.09. The number of carbonyl (C=O) groups excluding carboxylic acids is 3. The van der Waals surface area contributed by atoms with E-state index in [0.717, 1.165) is 12.8 Å². The summed E-state index contributed by atoms with van der Waals surface area (Å²) in [7, 11) is 1.76. The first-order chi connectivity index (χ1) is 8.96. The number of carbonyl (C=O) groups is 3. The van der Waals surface area contributed by atoms with Gasteiger partial charge < -0.3 is 9.80 Å². The van der Waals surface area contributed by atoms with Crippen molar-refractivity contribution < 1.29 is 14.4 Å². The minimum Gasteiger partial charge on any atom is -0.341 e. The summed E-state index contributed by atoms with van der Waals surface area (Å²) < 4.78 is 0. The van der Waals surface area contributed by atoms with E-state index in [0.29, 0.717) is 18.9 Å². The van der Waals surface area contributed by atoms with Crippen LogP contribution >= 0.6 is 0 Å². The summed E-state index contributed by atoms with van der Waals surface area (Å²) in [5.41, 5.74) is -0.864. The number of rotatable bonds is 5. The van der Waals surface area contributed by atoms with Gasteiger partial charge in [0.05, 0.1) is 0 Å². The topological polar surface area (TPSA) is 69.7 Å². The first-order valence-electron chi connectivity index (χ1n) is 6.85. The number of nitrogens with zero attached hydrogens (tertiary/aromatic N) is 2. The molecule has 0 atom stereocenters. The molecule has 0 aromatic heterocycles. The number of hydrogen-bond acceptors (Lipinski definition) is 3. The van der Waals surface area contributed by atoms with Gasteiger partial charge in [-0.25, -0.2) is 4.79 Å². The molecule has 4 amide bonds. The Morgan fingerprint density at radius 3 is 2.42 bits per heavy atom. The van der Waals surface area contributed by atoms with Gasteiger partial charge >= 0.3 is 6.03 Å². The maximum Gasteiger partial charge on any atom is 0.325 e. The highest BCUT2D eigenvalue weighted by Crippen LogP contribution is 2.30. The first kappa shape index (κ1) is 13.8. The molecule has 2 aliphatic rings. The van der Waals surface area contributed by atoms with Gasteiger partial charge in [-0.15, -0.1) is 0 Å². The van der Waals surface area contributed by atoms with E-state index in [-0.39, 0.29) is 18.4 Å². The predicted molar refractivity (Wildman–Crippen MR) is 69.3 cm³/mol. The third-order valence-corrected chi connectivity index (χ3v) is 4.36. The van der Waals surface area contributed by atoms with Crippen LogP contribution in [0.25, 0.3) is 0 Å². The smallest absolute Gasteiger partial charge is 0.325 e. The van der Waals surface area contributed by atoms with Crippen LogP contribution in [0.4, 0.5) is 4.79 Å². The molecule has 0 radical (unpaired) electrons. The zero-order valence-corrected chi connectivity index (χ0v) is 11.7. The van der Waals surface area contributed by atoms with E-state index in [1.165, 1.54) is 4.90 Å². The molecule has 1 N–H and O–H groups in total. The maximum atomic E-state index is 12.1. The standard InChI is InChI=1S/C13H21N3O3/c1-4-13(5-2)11(18)14-12(19)16(13)8-10(17)15(3)9-6-7-9/h9H,4-8H2,1-3H3,(H,14,18,19). The zero-order valence-electron chi connectivity index (χ0n) is 11.7. The quantitative estimate of drug-likeness (QED) is 0.746. The molecule has 19 heavy (non-hydrogen) atoms. The van der Waals surface area contributed by atoms with E-state index < -0.39 is 11.6 Å². The van der Waals surface area contributed by atoms with Gasteiger partial charge in [-0.1, -0.05) is 13.8 Å². The van der Waals surface area contributed by atoms with E-state index in [4.69, 9.17) is 0 Å². The summed E-state index contributed by atoms with van der Waals surface area (Å²) in [6, 6.07) is -0.141. The Labute approximate surface area is 113 Å². The molecule has 1 aliphatic carbocycles. The molecule has 1 saturated heterocycles. The van der Waals surface area contributed by atoms with Gasteiger partial charge in [-0.05, 0) is 25.7 Å². The fraction of sp³-hybridized carbons (Fsp3) is 0.769. The van der Waals surface area contributed by atoms with Crippen LogP contribution in [-0.2, 0) is 9.59 Å². The summed E-state index contributed by atoms with van der Waals surface area (Å²) in [5, 5.41) is 2.33. The Morgan fingerprint density at radius 2 is 1.95 bits per heavy atom. The van der Waals surface area contributed by atoms with Crippen LogP contribution in [0, 0.1) is 0 Å². The van der Waals surface area contributed by atoms with E-state index >= 15 is 0 Å². The van der Waals surface area contributed by atoms with Crippen molar-refractivity contribution in [2.45, 2.75) is 51.1 Å². The summed E-state index contributed by atoms with van der Waals surface area (Å²) in [5.74, 6) is -0.386. The molecule has 1 aliphatic heterocycles. The minimum absolute atomic E-state index is 0.0216. The van der Waals surface area contributed by atoms with Crippen molar-refractivity contribution in [1.29, 1.82) is 0 Å². The average molecular weight is 267 g/mol. The highest BCUT2D eigenvalue weighted by Gasteiger charge is 2.51. The predicted octanol–water partition coefficient (Wildman–Crippen LogP) is 0.718. The normalized spacial score (nSPS) is 21.5. The molecular weight excluding hydrogens is 246 g/mol. The van der Waals surface area contributed by atoms with Crippen LogP contribution in [-0.4, -0.2) is 52.8 Å². The van der Waals surface area contributed by atoms with E-state index in [9.17, 15) is 14.4 Å². The number of imide groups is 1. The van der Waals surface area contributed by atoms with Gasteiger partial charge in [-0.3, -0.25) is 14.9 Å². The highest BCUT2D eigenvalue weighted by molar-refractivity contribution is 6.08. The van der Waals surface area contributed by atoms with Gasteiger partial charge in [0, 0.05) is 13.1 Å². The fourth-order valence-corrected chi connectivity index (χ4v) is 2.69. The zero-order chi connectivity index (χ0) is 14.2. The molecule has 2 fully saturated rings. The second kappa shape index (κ2) is 4.83. The molecular formula is C13H21N3O3. The van der Waals surface area contributed by atoms with Crippen molar-refractivity contribution in [1.82, 2.24) is 15.1 Å². The second-order valence-electron chi connectivity index (χ2n) is 5.32. The second-order valence-corrected chi connectivity index (χ2v) is 5.32. The number of hydrogen-bond donors (Lipinski definition) is 1. The molecule has 6 heteroatoms. The van der Waals surface area contributed by atoms with E-state index in [1.54, 1.807) is 11.9 Å². The fourth-order valence-electron chi connectivity index (χ4n) is 2.69. The monoisotopic (exact) mass is 267 g/mol. The number of amides is 4. The molecule has 1 saturated carbocycles. The van der Waals surface area contributed by atoms with Crippen LogP contribution < -0.4 is 5.32 Å². The molecule has 6 nitrogen and oxygen atoms in total. The Balaban J connectivity index is 2.14. The minimum atomic E-state index is -0.864. The molecule has 106 valence electrons. The largest absolute Gasteiger partial charge is 0.341 e. The van der Waals surface area contributed by atoms with Crippen molar-refractivity contribution in [3.63, 3.8) is 0 Å². The maximum absolute atomic E-state index is 12.1. The van der Waals surface area contributed by atoms with Gasteiger partial charge in [0.25, 0.3) is 5.91 Å². The molecule has 0 unspecified atom stereocenters. The molecule has 1 heterocycles. The van der Waals surface area contributed by atoms with Crippen LogP contribution in [0.15, 0.2) is 0 Å². The Bertz CT molecular complexity index is 413.